The molecule has 0 bridgehead atoms. The standard InChI is InChI=1S/C11H7NO/c1-2-8-3-4-9-6-12-7-10(9)11(8)13-5-1/h1-7H. The molecule has 3 aromatic rings. The zero-order valence-electron chi connectivity index (χ0n) is 6.90. The van der Waals surface area contributed by atoms with Crippen molar-refractivity contribution >= 4 is 21.7 Å². The van der Waals surface area contributed by atoms with E-state index in [1.165, 1.54) is 0 Å². The first kappa shape index (κ1) is 6.66. The van der Waals surface area contributed by atoms with Gasteiger partial charge < -0.3 is 4.42 Å². The van der Waals surface area contributed by atoms with E-state index in [2.05, 4.69) is 11.1 Å². The summed E-state index contributed by atoms with van der Waals surface area (Å²) in [5, 5.41) is 3.32. The van der Waals surface area contributed by atoms with Gasteiger partial charge in [-0.05, 0) is 12.1 Å². The Morgan fingerprint density at radius 2 is 1.92 bits per heavy atom. The van der Waals surface area contributed by atoms with Crippen molar-refractivity contribution in [3.05, 3.63) is 42.9 Å². The van der Waals surface area contributed by atoms with E-state index in [1.807, 2.05) is 30.6 Å². The van der Waals surface area contributed by atoms with Crippen LogP contribution in [-0.2, 0) is 0 Å². The van der Waals surface area contributed by atoms with E-state index in [-0.39, 0.29) is 0 Å². The second-order valence-electron chi connectivity index (χ2n) is 3.01. The van der Waals surface area contributed by atoms with Crippen LogP contribution < -0.4 is 0 Å². The lowest BCUT2D eigenvalue weighted by atomic mass is 10.1. The number of fused-ring (bicyclic) bond motifs is 3. The van der Waals surface area contributed by atoms with Crippen LogP contribution in [0.3, 0.4) is 0 Å². The minimum absolute atomic E-state index is 0.914. The first-order valence-corrected chi connectivity index (χ1v) is 4.15. The van der Waals surface area contributed by atoms with Crippen molar-refractivity contribution < 1.29 is 4.42 Å². The molecule has 0 unspecified atom stereocenters. The van der Waals surface area contributed by atoms with E-state index in [4.69, 9.17) is 4.42 Å². The summed E-state index contributed by atoms with van der Waals surface area (Å²) in [5.41, 5.74) is 0.914. The molecule has 13 heavy (non-hydrogen) atoms. The van der Waals surface area contributed by atoms with Gasteiger partial charge in [-0.25, -0.2) is 0 Å². The number of nitrogens with zero attached hydrogens (tertiary/aromatic N) is 1. The largest absolute Gasteiger partial charge is 0.464 e. The molecule has 0 saturated heterocycles. The van der Waals surface area contributed by atoms with E-state index >= 15 is 0 Å². The highest BCUT2D eigenvalue weighted by molar-refractivity contribution is 6.03. The summed E-state index contributed by atoms with van der Waals surface area (Å²) < 4.78 is 5.44. The molecule has 0 atom stereocenters. The fraction of sp³-hybridized carbons (Fsp3) is 0. The lowest BCUT2D eigenvalue weighted by molar-refractivity contribution is 0.607. The third kappa shape index (κ3) is 0.855. The van der Waals surface area contributed by atoms with Crippen LogP contribution in [0.4, 0.5) is 0 Å². The van der Waals surface area contributed by atoms with Crippen molar-refractivity contribution in [2.45, 2.75) is 0 Å². The van der Waals surface area contributed by atoms with E-state index in [0.29, 0.717) is 0 Å². The summed E-state index contributed by atoms with van der Waals surface area (Å²) >= 11 is 0. The average Bonchev–Trinajstić information content (AvgIpc) is 2.65. The van der Waals surface area contributed by atoms with Crippen LogP contribution in [0.1, 0.15) is 0 Å². The normalized spacial score (nSPS) is 11.1. The molecule has 0 radical (unpaired) electrons. The van der Waals surface area contributed by atoms with E-state index in [0.717, 1.165) is 21.7 Å². The second kappa shape index (κ2) is 2.33. The van der Waals surface area contributed by atoms with Crippen molar-refractivity contribution in [1.29, 1.82) is 0 Å². The van der Waals surface area contributed by atoms with Gasteiger partial charge in [0, 0.05) is 28.6 Å². The van der Waals surface area contributed by atoms with Gasteiger partial charge in [0.1, 0.15) is 5.58 Å². The maximum absolute atomic E-state index is 5.44. The van der Waals surface area contributed by atoms with Crippen molar-refractivity contribution in [3.8, 4) is 0 Å². The van der Waals surface area contributed by atoms with Gasteiger partial charge in [-0.15, -0.1) is 0 Å². The maximum atomic E-state index is 5.44. The Balaban J connectivity index is 2.65. The SMILES string of the molecule is c1coc2c(c1)ccc1cncc12. The molecular weight excluding hydrogens is 162 g/mol. The molecule has 2 nitrogen and oxygen atoms in total. The molecule has 0 amide bonds. The van der Waals surface area contributed by atoms with Gasteiger partial charge in [0.05, 0.1) is 6.26 Å². The molecule has 2 heterocycles. The van der Waals surface area contributed by atoms with Crippen LogP contribution in [0.15, 0.2) is 47.3 Å². The topological polar surface area (TPSA) is 26.0 Å². The van der Waals surface area contributed by atoms with Crippen LogP contribution in [0.2, 0.25) is 0 Å². The number of rotatable bonds is 0. The fourth-order valence-corrected chi connectivity index (χ4v) is 1.58. The molecule has 3 rings (SSSR count). The van der Waals surface area contributed by atoms with Gasteiger partial charge >= 0.3 is 0 Å². The monoisotopic (exact) mass is 169 g/mol. The molecule has 0 saturated carbocycles. The Morgan fingerprint density at radius 1 is 1.00 bits per heavy atom. The smallest absolute Gasteiger partial charge is 0.143 e. The fourth-order valence-electron chi connectivity index (χ4n) is 1.58. The number of hydrogen-bond acceptors (Lipinski definition) is 2. The van der Waals surface area contributed by atoms with E-state index in [1.54, 1.807) is 6.26 Å². The van der Waals surface area contributed by atoms with E-state index < -0.39 is 0 Å². The molecule has 0 N–H and O–H groups in total. The first-order chi connectivity index (χ1) is 6.45. The molecule has 2 aromatic heterocycles. The summed E-state index contributed by atoms with van der Waals surface area (Å²) in [7, 11) is 0. The molecule has 0 aliphatic rings. The minimum Gasteiger partial charge on any atom is -0.464 e. The molecule has 62 valence electrons. The van der Waals surface area contributed by atoms with Crippen LogP contribution in [0.25, 0.3) is 21.7 Å². The second-order valence-corrected chi connectivity index (χ2v) is 3.01. The van der Waals surface area contributed by atoms with Gasteiger partial charge in [-0.1, -0.05) is 12.1 Å². The highest BCUT2D eigenvalue weighted by Crippen LogP contribution is 2.24. The van der Waals surface area contributed by atoms with Crippen LogP contribution >= 0.6 is 0 Å². The van der Waals surface area contributed by atoms with Crippen LogP contribution in [0, 0.1) is 0 Å². The number of benzene rings is 1. The van der Waals surface area contributed by atoms with Gasteiger partial charge in [0.25, 0.3) is 0 Å². The molecule has 0 aliphatic carbocycles. The van der Waals surface area contributed by atoms with Crippen LogP contribution in [0.5, 0.6) is 0 Å². The molecule has 0 spiro atoms. The zero-order chi connectivity index (χ0) is 8.67. The summed E-state index contributed by atoms with van der Waals surface area (Å²) in [6, 6.07) is 8.03. The maximum Gasteiger partial charge on any atom is 0.143 e. The lowest BCUT2D eigenvalue weighted by Crippen LogP contribution is -1.71. The summed E-state index contributed by atoms with van der Waals surface area (Å²) in [5.74, 6) is 0. The van der Waals surface area contributed by atoms with Gasteiger partial charge in [-0.2, -0.15) is 0 Å². The Morgan fingerprint density at radius 3 is 2.92 bits per heavy atom. The van der Waals surface area contributed by atoms with Crippen molar-refractivity contribution in [3.63, 3.8) is 0 Å². The Bertz CT molecular complexity index is 568. The van der Waals surface area contributed by atoms with Gasteiger partial charge in [0.15, 0.2) is 0 Å². The van der Waals surface area contributed by atoms with Crippen LogP contribution in [-0.4, -0.2) is 4.98 Å². The predicted molar refractivity (Wildman–Crippen MR) is 51.5 cm³/mol. The Hall–Kier alpha value is -1.83. The molecule has 0 fully saturated rings. The quantitative estimate of drug-likeness (QED) is 0.517. The predicted octanol–water partition coefficient (Wildman–Crippen LogP) is 2.98. The molecule has 1 aromatic carbocycles. The summed E-state index contributed by atoms with van der Waals surface area (Å²) in [6.45, 7) is 0. The summed E-state index contributed by atoms with van der Waals surface area (Å²) in [4.78, 5) is 4.09. The van der Waals surface area contributed by atoms with Crippen molar-refractivity contribution in [2.24, 2.45) is 0 Å². The number of aromatic nitrogens is 1. The lowest BCUT2D eigenvalue weighted by Gasteiger charge is -1.96. The van der Waals surface area contributed by atoms with E-state index in [9.17, 15) is 0 Å². The summed E-state index contributed by atoms with van der Waals surface area (Å²) in [6.07, 6.45) is 5.37. The van der Waals surface area contributed by atoms with Crippen molar-refractivity contribution in [1.82, 2.24) is 4.98 Å². The first-order valence-electron chi connectivity index (χ1n) is 4.15. The Kier molecular flexibility index (Phi) is 1.19. The zero-order valence-corrected chi connectivity index (χ0v) is 6.90. The molecular formula is C11H7NO. The van der Waals surface area contributed by atoms with Gasteiger partial charge in [-0.3, -0.25) is 4.98 Å². The highest BCUT2D eigenvalue weighted by atomic mass is 16.3. The third-order valence-electron chi connectivity index (χ3n) is 2.22. The average molecular weight is 169 g/mol. The van der Waals surface area contributed by atoms with Gasteiger partial charge in [0.2, 0.25) is 0 Å². The Labute approximate surface area is 74.8 Å². The number of hydrogen-bond donors (Lipinski definition) is 0. The molecule has 0 aliphatic heterocycles. The third-order valence-corrected chi connectivity index (χ3v) is 2.22. The minimum atomic E-state index is 0.914. The van der Waals surface area contributed by atoms with Crippen molar-refractivity contribution in [2.75, 3.05) is 0 Å². The molecule has 2 heteroatoms. The highest BCUT2D eigenvalue weighted by Gasteiger charge is 2.01.